The van der Waals surface area contributed by atoms with E-state index in [4.69, 9.17) is 14.8 Å². The maximum absolute atomic E-state index is 12.9. The summed E-state index contributed by atoms with van der Waals surface area (Å²) < 4.78 is 30.7. The highest BCUT2D eigenvalue weighted by Crippen LogP contribution is 2.14. The molecule has 0 fully saturated rings. The second kappa shape index (κ2) is 4.39. The highest BCUT2D eigenvalue weighted by atomic mass is 19.2. The Morgan fingerprint density at radius 2 is 2.00 bits per heavy atom. The first kappa shape index (κ1) is 10.9. The van der Waals surface area contributed by atoms with Gasteiger partial charge < -0.3 is 14.8 Å². The third-order valence-corrected chi connectivity index (χ3v) is 1.62. The van der Waals surface area contributed by atoms with Crippen LogP contribution in [0.25, 0.3) is 0 Å². The standard InChI is InChI=1S/C8H9BF2O3/c1-2-14-5-3-6(9(12)13)8(11)7(10)4-5/h3-4,12-13H,2H2,1H3. The summed E-state index contributed by atoms with van der Waals surface area (Å²) in [6.07, 6.45) is 0. The predicted molar refractivity (Wildman–Crippen MR) is 47.4 cm³/mol. The van der Waals surface area contributed by atoms with E-state index < -0.39 is 24.2 Å². The molecule has 1 aromatic carbocycles. The summed E-state index contributed by atoms with van der Waals surface area (Å²) in [5, 5.41) is 17.4. The fourth-order valence-corrected chi connectivity index (χ4v) is 1.02. The van der Waals surface area contributed by atoms with E-state index in [1.807, 2.05) is 0 Å². The average Bonchev–Trinajstić information content (AvgIpc) is 2.11. The molecule has 0 aliphatic heterocycles. The van der Waals surface area contributed by atoms with Crippen molar-refractivity contribution in [2.45, 2.75) is 6.92 Å². The van der Waals surface area contributed by atoms with Gasteiger partial charge in [-0.1, -0.05) is 0 Å². The summed E-state index contributed by atoms with van der Waals surface area (Å²) in [5.74, 6) is -2.38. The van der Waals surface area contributed by atoms with Crippen molar-refractivity contribution in [2.24, 2.45) is 0 Å². The quantitative estimate of drug-likeness (QED) is 0.680. The first-order valence-electron chi connectivity index (χ1n) is 4.04. The van der Waals surface area contributed by atoms with Crippen LogP contribution in [0.1, 0.15) is 6.92 Å². The molecule has 0 saturated heterocycles. The van der Waals surface area contributed by atoms with Gasteiger partial charge in [0.05, 0.1) is 6.61 Å². The highest BCUT2D eigenvalue weighted by molar-refractivity contribution is 6.58. The van der Waals surface area contributed by atoms with Crippen LogP contribution in [0.5, 0.6) is 5.75 Å². The van der Waals surface area contributed by atoms with Crippen LogP contribution in [0.3, 0.4) is 0 Å². The maximum Gasteiger partial charge on any atom is 0.491 e. The molecule has 0 aromatic heterocycles. The third kappa shape index (κ3) is 2.21. The van der Waals surface area contributed by atoms with Crippen LogP contribution >= 0.6 is 0 Å². The minimum Gasteiger partial charge on any atom is -0.494 e. The topological polar surface area (TPSA) is 49.7 Å². The summed E-state index contributed by atoms with van der Waals surface area (Å²) in [6, 6.07) is 1.90. The number of hydrogen-bond donors (Lipinski definition) is 2. The third-order valence-electron chi connectivity index (χ3n) is 1.62. The smallest absolute Gasteiger partial charge is 0.491 e. The normalized spacial score (nSPS) is 10.1. The minimum atomic E-state index is -2.05. The number of rotatable bonds is 3. The average molecular weight is 202 g/mol. The molecule has 0 unspecified atom stereocenters. The monoisotopic (exact) mass is 202 g/mol. The molecule has 6 heteroatoms. The molecule has 0 aliphatic carbocycles. The Morgan fingerprint density at radius 1 is 1.36 bits per heavy atom. The van der Waals surface area contributed by atoms with Crippen LogP contribution in [0.4, 0.5) is 8.78 Å². The summed E-state index contributed by atoms with van der Waals surface area (Å²) in [6.45, 7) is 1.96. The summed E-state index contributed by atoms with van der Waals surface area (Å²) in [7, 11) is -2.05. The van der Waals surface area contributed by atoms with Gasteiger partial charge in [0.2, 0.25) is 0 Å². The van der Waals surface area contributed by atoms with E-state index in [-0.39, 0.29) is 12.4 Å². The fraction of sp³-hybridized carbons (Fsp3) is 0.250. The van der Waals surface area contributed by atoms with E-state index >= 15 is 0 Å². The van der Waals surface area contributed by atoms with Crippen LogP contribution in [0.15, 0.2) is 12.1 Å². The first-order valence-corrected chi connectivity index (χ1v) is 4.04. The lowest BCUT2D eigenvalue weighted by molar-refractivity contribution is 0.336. The Morgan fingerprint density at radius 3 is 2.50 bits per heavy atom. The van der Waals surface area contributed by atoms with Crippen molar-refractivity contribution in [2.75, 3.05) is 6.61 Å². The Bertz CT molecular complexity index is 331. The van der Waals surface area contributed by atoms with E-state index in [1.54, 1.807) is 6.92 Å². The minimum absolute atomic E-state index is 0.0644. The Labute approximate surface area is 80.1 Å². The van der Waals surface area contributed by atoms with Gasteiger partial charge in [0.1, 0.15) is 5.75 Å². The lowest BCUT2D eigenvalue weighted by Crippen LogP contribution is -2.33. The van der Waals surface area contributed by atoms with Crippen molar-refractivity contribution in [1.82, 2.24) is 0 Å². The summed E-state index contributed by atoms with van der Waals surface area (Å²) in [5.41, 5.74) is -0.534. The molecule has 0 spiro atoms. The molecule has 14 heavy (non-hydrogen) atoms. The molecule has 0 amide bonds. The van der Waals surface area contributed by atoms with Crippen molar-refractivity contribution in [3.05, 3.63) is 23.8 Å². The number of hydrogen-bond acceptors (Lipinski definition) is 3. The SMILES string of the molecule is CCOc1cc(F)c(F)c(B(O)O)c1. The van der Waals surface area contributed by atoms with Crippen LogP contribution in [0, 0.1) is 11.6 Å². The molecule has 2 N–H and O–H groups in total. The molecule has 0 radical (unpaired) electrons. The predicted octanol–water partition coefficient (Wildman–Crippen LogP) is 0.0433. The van der Waals surface area contributed by atoms with Gasteiger partial charge >= 0.3 is 7.12 Å². The van der Waals surface area contributed by atoms with Crippen molar-refractivity contribution in [3.63, 3.8) is 0 Å². The maximum atomic E-state index is 12.9. The number of halogens is 2. The van der Waals surface area contributed by atoms with Crippen LogP contribution in [0.2, 0.25) is 0 Å². The highest BCUT2D eigenvalue weighted by Gasteiger charge is 2.21. The van der Waals surface area contributed by atoms with Crippen LogP contribution in [-0.4, -0.2) is 23.8 Å². The lowest BCUT2D eigenvalue weighted by atomic mass is 9.79. The Kier molecular flexibility index (Phi) is 3.43. The number of benzene rings is 1. The Balaban J connectivity index is 3.14. The van der Waals surface area contributed by atoms with Crippen molar-refractivity contribution in [3.8, 4) is 5.75 Å². The molecule has 0 bridgehead atoms. The van der Waals surface area contributed by atoms with Gasteiger partial charge in [-0.2, -0.15) is 0 Å². The summed E-state index contributed by atoms with van der Waals surface area (Å²) >= 11 is 0. The van der Waals surface area contributed by atoms with Gasteiger partial charge in [-0.05, 0) is 13.0 Å². The first-order chi connectivity index (χ1) is 6.56. The molecular formula is C8H9BF2O3. The molecule has 1 aromatic rings. The molecule has 0 aliphatic rings. The van der Waals surface area contributed by atoms with Crippen molar-refractivity contribution in [1.29, 1.82) is 0 Å². The lowest BCUT2D eigenvalue weighted by Gasteiger charge is -2.07. The van der Waals surface area contributed by atoms with E-state index in [9.17, 15) is 8.78 Å². The van der Waals surface area contributed by atoms with Gasteiger partial charge in [-0.25, -0.2) is 8.78 Å². The second-order valence-corrected chi connectivity index (χ2v) is 2.61. The molecule has 3 nitrogen and oxygen atoms in total. The van der Waals surface area contributed by atoms with Gasteiger partial charge in [0.25, 0.3) is 0 Å². The van der Waals surface area contributed by atoms with E-state index in [2.05, 4.69) is 0 Å². The van der Waals surface area contributed by atoms with Crippen molar-refractivity contribution < 1.29 is 23.6 Å². The zero-order chi connectivity index (χ0) is 10.7. The van der Waals surface area contributed by atoms with Crippen LogP contribution < -0.4 is 10.2 Å². The second-order valence-electron chi connectivity index (χ2n) is 2.61. The van der Waals surface area contributed by atoms with E-state index in [0.717, 1.165) is 12.1 Å². The van der Waals surface area contributed by atoms with E-state index in [0.29, 0.717) is 0 Å². The fourth-order valence-electron chi connectivity index (χ4n) is 1.02. The molecular weight excluding hydrogens is 193 g/mol. The largest absolute Gasteiger partial charge is 0.494 e. The van der Waals surface area contributed by atoms with Gasteiger partial charge in [-0.3, -0.25) is 0 Å². The number of ether oxygens (including phenoxy) is 1. The van der Waals surface area contributed by atoms with E-state index in [1.165, 1.54) is 0 Å². The molecule has 0 atom stereocenters. The van der Waals surface area contributed by atoms with Crippen LogP contribution in [-0.2, 0) is 0 Å². The van der Waals surface area contributed by atoms with Gasteiger partial charge in [0, 0.05) is 11.5 Å². The zero-order valence-corrected chi connectivity index (χ0v) is 7.50. The Hall–Kier alpha value is -1.14. The molecule has 76 valence electrons. The summed E-state index contributed by atoms with van der Waals surface area (Å²) in [4.78, 5) is 0. The molecule has 0 saturated carbocycles. The zero-order valence-electron chi connectivity index (χ0n) is 7.50. The molecule has 1 rings (SSSR count). The molecule has 0 heterocycles. The van der Waals surface area contributed by atoms with Gasteiger partial charge in [0.15, 0.2) is 11.6 Å². The van der Waals surface area contributed by atoms with Gasteiger partial charge in [-0.15, -0.1) is 0 Å². The van der Waals surface area contributed by atoms with Crippen molar-refractivity contribution >= 4 is 12.6 Å².